The van der Waals surface area contributed by atoms with Crippen molar-refractivity contribution in [3.8, 4) is 17.0 Å². The number of aromatic nitrogens is 2. The Morgan fingerprint density at radius 3 is 2.60 bits per heavy atom. The lowest BCUT2D eigenvalue weighted by Crippen LogP contribution is -2.01. The van der Waals surface area contributed by atoms with Crippen LogP contribution < -0.4 is 4.74 Å². The van der Waals surface area contributed by atoms with E-state index >= 15 is 0 Å². The quantitative estimate of drug-likeness (QED) is 0.597. The summed E-state index contributed by atoms with van der Waals surface area (Å²) in [5.74, 6) is 0.794. The first kappa shape index (κ1) is 14.1. The number of rotatable bonds is 6. The van der Waals surface area contributed by atoms with E-state index in [1.165, 1.54) is 0 Å². The van der Waals surface area contributed by atoms with Crippen molar-refractivity contribution in [3.63, 3.8) is 0 Å². The Morgan fingerprint density at radius 2 is 2.10 bits per heavy atom. The number of nitrogens with zero attached hydrogens (tertiary/aromatic N) is 2. The van der Waals surface area contributed by atoms with Gasteiger partial charge in [0.25, 0.3) is 0 Å². The summed E-state index contributed by atoms with van der Waals surface area (Å²) in [5, 5.41) is 4.40. The van der Waals surface area contributed by atoms with Gasteiger partial charge >= 0.3 is 0 Å². The van der Waals surface area contributed by atoms with Crippen LogP contribution >= 0.6 is 0 Å². The maximum Gasteiger partial charge on any atom is 0.168 e. The highest BCUT2D eigenvalue weighted by Gasteiger charge is 2.08. The third kappa shape index (κ3) is 3.15. The van der Waals surface area contributed by atoms with E-state index in [0.717, 1.165) is 28.9 Å². The smallest absolute Gasteiger partial charge is 0.168 e. The number of benzene rings is 1. The predicted octanol–water partition coefficient (Wildman–Crippen LogP) is 3.34. The van der Waals surface area contributed by atoms with E-state index < -0.39 is 0 Å². The van der Waals surface area contributed by atoms with Crippen molar-refractivity contribution in [2.75, 3.05) is 6.61 Å². The first-order valence-corrected chi connectivity index (χ1v) is 6.54. The third-order valence-corrected chi connectivity index (χ3v) is 2.87. The van der Waals surface area contributed by atoms with E-state index in [2.05, 4.69) is 11.7 Å². The Morgan fingerprint density at radius 1 is 1.40 bits per heavy atom. The van der Waals surface area contributed by atoms with E-state index in [0.29, 0.717) is 18.8 Å². The molecule has 1 aromatic carbocycles. The summed E-state index contributed by atoms with van der Waals surface area (Å²) < 4.78 is 7.24. The van der Waals surface area contributed by atoms with Crippen LogP contribution in [0.2, 0.25) is 0 Å². The summed E-state index contributed by atoms with van der Waals surface area (Å²) in [6.45, 7) is 8.86. The number of hydrogen-bond donors (Lipinski definition) is 0. The van der Waals surface area contributed by atoms with Gasteiger partial charge in [-0.25, -0.2) is 0 Å². The van der Waals surface area contributed by atoms with Gasteiger partial charge in [-0.1, -0.05) is 6.58 Å². The number of carbonyl (C=O) groups excluding carboxylic acids is 1. The molecule has 0 spiro atoms. The van der Waals surface area contributed by atoms with Crippen LogP contribution in [0, 0.1) is 0 Å². The van der Waals surface area contributed by atoms with E-state index in [1.54, 1.807) is 10.7 Å². The molecule has 0 aliphatic carbocycles. The number of carbonyl (C=O) groups is 1. The van der Waals surface area contributed by atoms with Crippen LogP contribution in [0.3, 0.4) is 0 Å². The largest absolute Gasteiger partial charge is 0.489 e. The molecule has 0 amide bonds. The van der Waals surface area contributed by atoms with Crippen LogP contribution in [-0.2, 0) is 6.54 Å². The van der Waals surface area contributed by atoms with Gasteiger partial charge in [-0.3, -0.25) is 9.48 Å². The van der Waals surface area contributed by atoms with Gasteiger partial charge in [0, 0.05) is 12.1 Å². The van der Waals surface area contributed by atoms with Crippen molar-refractivity contribution < 1.29 is 9.53 Å². The Labute approximate surface area is 118 Å². The lowest BCUT2D eigenvalue weighted by Gasteiger charge is -2.06. The molecule has 4 heteroatoms. The fraction of sp³-hybridized carbons (Fsp3) is 0.250. The van der Waals surface area contributed by atoms with Gasteiger partial charge in [0.1, 0.15) is 18.1 Å². The minimum absolute atomic E-state index is 0.513. The van der Waals surface area contributed by atoms with Crippen LogP contribution in [0.5, 0.6) is 5.75 Å². The molecular weight excluding hydrogens is 252 g/mol. The fourth-order valence-corrected chi connectivity index (χ4v) is 1.85. The number of ether oxygens (including phenoxy) is 1. The molecule has 0 unspecified atom stereocenters. The van der Waals surface area contributed by atoms with E-state index in [-0.39, 0.29) is 0 Å². The van der Waals surface area contributed by atoms with Gasteiger partial charge in [-0.15, -0.1) is 0 Å². The average molecular weight is 270 g/mol. The zero-order valence-electron chi connectivity index (χ0n) is 11.8. The SMILES string of the molecule is C=C(C)COc1ccc(-c2cc(C=O)n(CC)n2)cc1. The van der Waals surface area contributed by atoms with Gasteiger partial charge in [0.2, 0.25) is 0 Å². The normalized spacial score (nSPS) is 10.3. The minimum Gasteiger partial charge on any atom is -0.489 e. The van der Waals surface area contributed by atoms with Crippen LogP contribution in [0.1, 0.15) is 24.3 Å². The van der Waals surface area contributed by atoms with Gasteiger partial charge in [-0.2, -0.15) is 5.10 Å². The lowest BCUT2D eigenvalue weighted by molar-refractivity contribution is 0.111. The van der Waals surface area contributed by atoms with Crippen LogP contribution in [0.4, 0.5) is 0 Å². The number of aryl methyl sites for hydroxylation is 1. The summed E-state index contributed by atoms with van der Waals surface area (Å²) in [7, 11) is 0. The first-order chi connectivity index (χ1) is 9.63. The molecule has 0 bridgehead atoms. The highest BCUT2D eigenvalue weighted by atomic mass is 16.5. The maximum absolute atomic E-state index is 10.9. The average Bonchev–Trinajstić information content (AvgIpc) is 2.89. The predicted molar refractivity (Wildman–Crippen MR) is 79.0 cm³/mol. The van der Waals surface area contributed by atoms with Crippen LogP contribution in [-0.4, -0.2) is 22.7 Å². The minimum atomic E-state index is 0.513. The molecule has 2 rings (SSSR count). The fourth-order valence-electron chi connectivity index (χ4n) is 1.85. The van der Waals surface area contributed by atoms with Crippen molar-refractivity contribution in [1.29, 1.82) is 0 Å². The monoisotopic (exact) mass is 270 g/mol. The number of aldehydes is 1. The number of hydrogen-bond acceptors (Lipinski definition) is 3. The first-order valence-electron chi connectivity index (χ1n) is 6.54. The topological polar surface area (TPSA) is 44.1 Å². The molecule has 4 nitrogen and oxygen atoms in total. The van der Waals surface area contributed by atoms with E-state index in [1.807, 2.05) is 38.1 Å². The molecule has 0 saturated heterocycles. The summed E-state index contributed by atoms with van der Waals surface area (Å²) in [4.78, 5) is 10.9. The Hall–Kier alpha value is -2.36. The van der Waals surface area contributed by atoms with Crippen molar-refractivity contribution in [3.05, 3.63) is 48.2 Å². The second-order valence-corrected chi connectivity index (χ2v) is 4.66. The van der Waals surface area contributed by atoms with Gasteiger partial charge < -0.3 is 4.74 Å². The molecule has 0 atom stereocenters. The molecule has 0 radical (unpaired) electrons. The van der Waals surface area contributed by atoms with Crippen molar-refractivity contribution in [2.24, 2.45) is 0 Å². The lowest BCUT2D eigenvalue weighted by atomic mass is 10.1. The second-order valence-electron chi connectivity index (χ2n) is 4.66. The zero-order chi connectivity index (χ0) is 14.5. The molecule has 0 aliphatic heterocycles. The van der Waals surface area contributed by atoms with E-state index in [9.17, 15) is 4.79 Å². The summed E-state index contributed by atoms with van der Waals surface area (Å²) in [6, 6.07) is 9.45. The maximum atomic E-state index is 10.9. The van der Waals surface area contributed by atoms with E-state index in [4.69, 9.17) is 4.74 Å². The highest BCUT2D eigenvalue weighted by molar-refractivity contribution is 5.75. The molecule has 1 heterocycles. The summed E-state index contributed by atoms with van der Waals surface area (Å²) in [6.07, 6.45) is 0.824. The molecule has 1 aromatic heterocycles. The second kappa shape index (κ2) is 6.19. The Bertz CT molecular complexity index is 612. The molecule has 2 aromatic rings. The van der Waals surface area contributed by atoms with Crippen LogP contribution in [0.15, 0.2) is 42.5 Å². The molecule has 104 valence electrons. The van der Waals surface area contributed by atoms with Crippen LogP contribution in [0.25, 0.3) is 11.3 Å². The van der Waals surface area contributed by atoms with Crippen molar-refractivity contribution in [1.82, 2.24) is 9.78 Å². The van der Waals surface area contributed by atoms with Gasteiger partial charge in [0.05, 0.1) is 5.69 Å². The highest BCUT2D eigenvalue weighted by Crippen LogP contribution is 2.22. The molecule has 0 fully saturated rings. The molecule has 0 N–H and O–H groups in total. The molecular formula is C16H18N2O2. The van der Waals surface area contributed by atoms with Crippen molar-refractivity contribution >= 4 is 6.29 Å². The summed E-state index contributed by atoms with van der Waals surface area (Å²) in [5.41, 5.74) is 3.32. The zero-order valence-corrected chi connectivity index (χ0v) is 11.8. The molecule has 0 saturated carbocycles. The standard InChI is InChI=1S/C16H18N2O2/c1-4-18-14(10-19)9-16(17-18)13-5-7-15(8-6-13)20-11-12(2)3/h5-10H,2,4,11H2,1,3H3. The summed E-state index contributed by atoms with van der Waals surface area (Å²) >= 11 is 0. The van der Waals surface area contributed by atoms with Crippen molar-refractivity contribution in [2.45, 2.75) is 20.4 Å². The Balaban J connectivity index is 2.19. The molecule has 0 aliphatic rings. The third-order valence-electron chi connectivity index (χ3n) is 2.87. The van der Waals surface area contributed by atoms with Gasteiger partial charge in [0.15, 0.2) is 6.29 Å². The Kier molecular flexibility index (Phi) is 4.35. The molecule has 20 heavy (non-hydrogen) atoms. The van der Waals surface area contributed by atoms with Gasteiger partial charge in [-0.05, 0) is 49.8 Å².